The van der Waals surface area contributed by atoms with Gasteiger partial charge in [0, 0.05) is 5.69 Å². The van der Waals surface area contributed by atoms with Gasteiger partial charge in [0.15, 0.2) is 15.0 Å². The Morgan fingerprint density at radius 1 is 1.35 bits per heavy atom. The number of halogens is 3. The first kappa shape index (κ1) is 16.6. The first-order valence-electron chi connectivity index (χ1n) is 7.09. The number of anilines is 1. The number of amidine groups is 1. The van der Waals surface area contributed by atoms with E-state index < -0.39 is 33.7 Å². The zero-order chi connectivity index (χ0) is 16.8. The summed E-state index contributed by atoms with van der Waals surface area (Å²) < 4.78 is 62.5. The van der Waals surface area contributed by atoms with E-state index in [0.29, 0.717) is 16.6 Å². The molecular weight excluding hydrogens is 349 g/mol. The molecular formula is C14H15F3N2O2S2. The fraction of sp³-hybridized carbons (Fsp3) is 0.500. The molecule has 1 saturated heterocycles. The third-order valence-corrected chi connectivity index (χ3v) is 6.38. The molecule has 0 aliphatic carbocycles. The Morgan fingerprint density at radius 2 is 2.09 bits per heavy atom. The van der Waals surface area contributed by atoms with Crippen LogP contribution in [0.4, 0.5) is 18.9 Å². The van der Waals surface area contributed by atoms with Crippen LogP contribution in [0.2, 0.25) is 0 Å². The summed E-state index contributed by atoms with van der Waals surface area (Å²) >= 11 is 1.41. The molecule has 2 atom stereocenters. The van der Waals surface area contributed by atoms with Gasteiger partial charge in [-0.3, -0.25) is 4.99 Å². The van der Waals surface area contributed by atoms with Crippen molar-refractivity contribution in [2.24, 2.45) is 4.99 Å². The maximum Gasteiger partial charge on any atom is 0.416 e. The van der Waals surface area contributed by atoms with E-state index in [0.717, 1.165) is 12.1 Å². The number of benzene rings is 1. The highest BCUT2D eigenvalue weighted by atomic mass is 32.2. The van der Waals surface area contributed by atoms with Crippen molar-refractivity contribution in [3.63, 3.8) is 0 Å². The lowest BCUT2D eigenvalue weighted by Crippen LogP contribution is -2.39. The van der Waals surface area contributed by atoms with Crippen molar-refractivity contribution in [3.05, 3.63) is 29.8 Å². The molecule has 0 radical (unpaired) electrons. The largest absolute Gasteiger partial charge is 0.416 e. The lowest BCUT2D eigenvalue weighted by atomic mass is 10.1. The van der Waals surface area contributed by atoms with Crippen LogP contribution >= 0.6 is 11.8 Å². The maximum absolute atomic E-state index is 12.9. The normalized spacial score (nSPS) is 26.3. The van der Waals surface area contributed by atoms with Crippen molar-refractivity contribution >= 4 is 32.5 Å². The Hall–Kier alpha value is -1.22. The molecule has 2 heterocycles. The molecule has 0 aromatic heterocycles. The first-order valence-corrected chi connectivity index (χ1v) is 9.89. The smallest absolute Gasteiger partial charge is 0.315 e. The average Bonchev–Trinajstić information content (AvgIpc) is 2.89. The molecule has 126 valence electrons. The summed E-state index contributed by atoms with van der Waals surface area (Å²) in [6.07, 6.45) is -4.44. The second-order valence-corrected chi connectivity index (χ2v) is 8.86. The van der Waals surface area contributed by atoms with Crippen molar-refractivity contribution < 1.29 is 21.6 Å². The molecule has 1 aromatic rings. The zero-order valence-electron chi connectivity index (χ0n) is 12.2. The Kier molecular flexibility index (Phi) is 4.12. The number of aliphatic imine (C=N–C) groups is 1. The lowest BCUT2D eigenvalue weighted by Gasteiger charge is -2.27. The summed E-state index contributed by atoms with van der Waals surface area (Å²) in [5.74, 6) is 0.590. The molecule has 0 unspecified atom stereocenters. The number of nitrogens with zero attached hydrogens (tertiary/aromatic N) is 2. The van der Waals surface area contributed by atoms with Crippen LogP contribution in [0, 0.1) is 0 Å². The highest BCUT2D eigenvalue weighted by Crippen LogP contribution is 2.37. The van der Waals surface area contributed by atoms with Gasteiger partial charge in [-0.15, -0.1) is 0 Å². The van der Waals surface area contributed by atoms with Gasteiger partial charge in [-0.25, -0.2) is 8.42 Å². The molecule has 0 N–H and O–H groups in total. The van der Waals surface area contributed by atoms with E-state index >= 15 is 0 Å². The molecule has 0 amide bonds. The summed E-state index contributed by atoms with van der Waals surface area (Å²) in [4.78, 5) is 6.08. The highest BCUT2D eigenvalue weighted by molar-refractivity contribution is 8.14. The van der Waals surface area contributed by atoms with Crippen LogP contribution < -0.4 is 4.90 Å². The Bertz CT molecular complexity index is 747. The van der Waals surface area contributed by atoms with Crippen LogP contribution in [0.25, 0.3) is 0 Å². The van der Waals surface area contributed by atoms with E-state index in [4.69, 9.17) is 0 Å². The quantitative estimate of drug-likeness (QED) is 0.810. The first-order chi connectivity index (χ1) is 10.7. The number of hydrogen-bond acceptors (Lipinski definition) is 5. The van der Waals surface area contributed by atoms with Gasteiger partial charge in [-0.2, -0.15) is 13.2 Å². The number of thioether (sulfide) groups is 1. The molecule has 4 nitrogen and oxygen atoms in total. The van der Waals surface area contributed by atoms with E-state index in [1.165, 1.54) is 17.8 Å². The standard InChI is InChI=1S/C14H15F3N2O2S2/c1-2-22-13-18-11-7-23(20,21)8-12(11)19(13)10-5-3-4-9(6-10)14(15,16)17/h3-6,11-12H,2,7-8H2,1H3/t11-,12+/m1/s1. The Balaban J connectivity index is 2.01. The molecule has 0 saturated carbocycles. The minimum absolute atomic E-state index is 0.0408. The van der Waals surface area contributed by atoms with Crippen molar-refractivity contribution in [2.45, 2.75) is 25.2 Å². The van der Waals surface area contributed by atoms with Crippen LogP contribution in [0.3, 0.4) is 0 Å². The molecule has 23 heavy (non-hydrogen) atoms. The van der Waals surface area contributed by atoms with Gasteiger partial charge in [0.2, 0.25) is 0 Å². The van der Waals surface area contributed by atoms with Gasteiger partial charge in [-0.05, 0) is 24.0 Å². The number of alkyl halides is 3. The van der Waals surface area contributed by atoms with E-state index in [2.05, 4.69) is 4.99 Å². The van der Waals surface area contributed by atoms with Gasteiger partial charge in [0.1, 0.15) is 0 Å². The summed E-state index contributed by atoms with van der Waals surface area (Å²) in [6.45, 7) is 1.92. The van der Waals surface area contributed by atoms with Gasteiger partial charge in [-0.1, -0.05) is 24.8 Å². The Morgan fingerprint density at radius 3 is 2.74 bits per heavy atom. The van der Waals surface area contributed by atoms with Gasteiger partial charge < -0.3 is 4.90 Å². The maximum atomic E-state index is 12.9. The molecule has 3 rings (SSSR count). The molecule has 1 aromatic carbocycles. The van der Waals surface area contributed by atoms with Crippen molar-refractivity contribution in [1.29, 1.82) is 0 Å². The fourth-order valence-corrected chi connectivity index (χ4v) is 5.59. The minimum atomic E-state index is -4.44. The van der Waals surface area contributed by atoms with Gasteiger partial charge in [0.25, 0.3) is 0 Å². The van der Waals surface area contributed by atoms with Crippen LogP contribution in [-0.4, -0.2) is 42.9 Å². The number of sulfone groups is 1. The second kappa shape index (κ2) is 5.70. The van der Waals surface area contributed by atoms with E-state index in [9.17, 15) is 21.6 Å². The molecule has 0 spiro atoms. The third kappa shape index (κ3) is 3.21. The fourth-order valence-electron chi connectivity index (χ4n) is 2.90. The molecule has 2 aliphatic rings. The van der Waals surface area contributed by atoms with Crippen molar-refractivity contribution in [1.82, 2.24) is 0 Å². The predicted molar refractivity (Wildman–Crippen MR) is 85.7 cm³/mol. The SMILES string of the molecule is CCSC1=N[C@@H]2CS(=O)(=O)C[C@@H]2N1c1cccc(C(F)(F)F)c1. The Labute approximate surface area is 136 Å². The third-order valence-electron chi connectivity index (χ3n) is 3.83. The highest BCUT2D eigenvalue weighted by Gasteiger charge is 2.47. The van der Waals surface area contributed by atoms with E-state index in [1.54, 1.807) is 11.0 Å². The van der Waals surface area contributed by atoms with E-state index in [-0.39, 0.29) is 11.5 Å². The predicted octanol–water partition coefficient (Wildman–Crippen LogP) is 2.80. The monoisotopic (exact) mass is 364 g/mol. The second-order valence-electron chi connectivity index (χ2n) is 5.47. The van der Waals surface area contributed by atoms with Crippen molar-refractivity contribution in [2.75, 3.05) is 22.2 Å². The van der Waals surface area contributed by atoms with E-state index in [1.807, 2.05) is 6.92 Å². The molecule has 9 heteroatoms. The number of fused-ring (bicyclic) bond motifs is 1. The van der Waals surface area contributed by atoms with Crippen LogP contribution in [0.5, 0.6) is 0 Å². The van der Waals surface area contributed by atoms with Gasteiger partial charge >= 0.3 is 6.18 Å². The van der Waals surface area contributed by atoms with Crippen molar-refractivity contribution in [3.8, 4) is 0 Å². The van der Waals surface area contributed by atoms with Crippen LogP contribution in [-0.2, 0) is 16.0 Å². The number of rotatable bonds is 2. The summed E-state index contributed by atoms with van der Waals surface area (Å²) in [5, 5.41) is 0.594. The van der Waals surface area contributed by atoms with Gasteiger partial charge in [0.05, 0.1) is 29.2 Å². The molecule has 1 fully saturated rings. The average molecular weight is 364 g/mol. The summed E-state index contributed by atoms with van der Waals surface area (Å²) in [5.41, 5.74) is -0.413. The summed E-state index contributed by atoms with van der Waals surface area (Å²) in [7, 11) is -3.20. The number of hydrogen-bond donors (Lipinski definition) is 0. The molecule has 0 bridgehead atoms. The lowest BCUT2D eigenvalue weighted by molar-refractivity contribution is -0.137. The summed E-state index contributed by atoms with van der Waals surface area (Å²) in [6, 6.07) is 4.14. The van der Waals surface area contributed by atoms with Crippen LogP contribution in [0.15, 0.2) is 29.3 Å². The topological polar surface area (TPSA) is 49.7 Å². The minimum Gasteiger partial charge on any atom is -0.315 e. The zero-order valence-corrected chi connectivity index (χ0v) is 13.9. The molecule has 2 aliphatic heterocycles. The van der Waals surface area contributed by atoms with Crippen LogP contribution in [0.1, 0.15) is 12.5 Å².